The average Bonchev–Trinajstić information content (AvgIpc) is 2.73. The van der Waals surface area contributed by atoms with Crippen molar-refractivity contribution in [2.75, 3.05) is 20.2 Å². The molecule has 5 heteroatoms. The van der Waals surface area contributed by atoms with Gasteiger partial charge in [0, 0.05) is 19.0 Å². The Balaban J connectivity index is 2.16. The third kappa shape index (κ3) is 2.45. The van der Waals surface area contributed by atoms with E-state index >= 15 is 0 Å². The molecule has 1 N–H and O–H groups in total. The van der Waals surface area contributed by atoms with E-state index in [1.54, 1.807) is 17.9 Å². The number of para-hydroxylation sites is 1. The van der Waals surface area contributed by atoms with Gasteiger partial charge in [0.25, 0.3) is 0 Å². The maximum absolute atomic E-state index is 11.8. The van der Waals surface area contributed by atoms with Gasteiger partial charge in [-0.05, 0) is 6.07 Å². The third-order valence-electron chi connectivity index (χ3n) is 2.70. The Hall–Kier alpha value is -1.88. The van der Waals surface area contributed by atoms with Gasteiger partial charge in [0.15, 0.2) is 0 Å². The molecule has 1 aromatic heterocycles. The summed E-state index contributed by atoms with van der Waals surface area (Å²) in [6, 6.07) is 7.75. The molecular weight excluding hydrogens is 218 g/mol. The molecule has 0 bridgehead atoms. The van der Waals surface area contributed by atoms with Crippen LogP contribution in [0.2, 0.25) is 0 Å². The molecule has 0 saturated heterocycles. The molecule has 2 rings (SSSR count). The number of aromatic nitrogens is 2. The van der Waals surface area contributed by atoms with Crippen LogP contribution in [0.3, 0.4) is 0 Å². The molecule has 5 nitrogen and oxygen atoms in total. The molecule has 17 heavy (non-hydrogen) atoms. The lowest BCUT2D eigenvalue weighted by molar-refractivity contribution is -0.131. The fourth-order valence-corrected chi connectivity index (χ4v) is 1.68. The molecule has 90 valence electrons. The Labute approximate surface area is 99.3 Å². The molecule has 1 aromatic carbocycles. The van der Waals surface area contributed by atoms with Gasteiger partial charge in [-0.2, -0.15) is 5.10 Å². The predicted octanol–water partition coefficient (Wildman–Crippen LogP) is 0.487. The first-order valence-electron chi connectivity index (χ1n) is 5.48. The van der Waals surface area contributed by atoms with Crippen molar-refractivity contribution in [3.63, 3.8) is 0 Å². The number of hydrogen-bond acceptors (Lipinski definition) is 3. The minimum Gasteiger partial charge on any atom is -0.395 e. The highest BCUT2D eigenvalue weighted by Crippen LogP contribution is 2.12. The fourth-order valence-electron chi connectivity index (χ4n) is 1.68. The second-order valence-electron chi connectivity index (χ2n) is 3.90. The van der Waals surface area contributed by atoms with Crippen molar-refractivity contribution in [3.05, 3.63) is 30.5 Å². The number of fused-ring (bicyclic) bond motifs is 1. The van der Waals surface area contributed by atoms with E-state index in [9.17, 15) is 4.79 Å². The van der Waals surface area contributed by atoms with Gasteiger partial charge >= 0.3 is 0 Å². The number of amides is 1. The maximum atomic E-state index is 11.8. The van der Waals surface area contributed by atoms with Crippen molar-refractivity contribution in [1.82, 2.24) is 14.7 Å². The predicted molar refractivity (Wildman–Crippen MR) is 64.5 cm³/mol. The number of benzene rings is 1. The lowest BCUT2D eigenvalue weighted by atomic mass is 10.2. The number of carbonyl (C=O) groups is 1. The summed E-state index contributed by atoms with van der Waals surface area (Å²) in [4.78, 5) is 13.3. The van der Waals surface area contributed by atoms with E-state index in [1.807, 2.05) is 24.3 Å². The van der Waals surface area contributed by atoms with Crippen molar-refractivity contribution >= 4 is 16.8 Å². The second-order valence-corrected chi connectivity index (χ2v) is 3.90. The molecular formula is C12H15N3O2. The molecule has 0 spiro atoms. The lowest BCUT2D eigenvalue weighted by Crippen LogP contribution is -2.32. The molecule has 0 unspecified atom stereocenters. The number of nitrogens with zero attached hydrogens (tertiary/aromatic N) is 3. The molecule has 0 atom stereocenters. The highest BCUT2D eigenvalue weighted by Gasteiger charge is 2.11. The lowest BCUT2D eigenvalue weighted by Gasteiger charge is -2.15. The summed E-state index contributed by atoms with van der Waals surface area (Å²) in [5.74, 6) is -0.0621. The van der Waals surface area contributed by atoms with E-state index in [4.69, 9.17) is 5.11 Å². The number of carbonyl (C=O) groups excluding carboxylic acids is 1. The van der Waals surface area contributed by atoms with Gasteiger partial charge in [0.05, 0.1) is 18.3 Å². The molecule has 0 aliphatic heterocycles. The van der Waals surface area contributed by atoms with Crippen molar-refractivity contribution < 1.29 is 9.90 Å². The van der Waals surface area contributed by atoms with Gasteiger partial charge in [-0.15, -0.1) is 0 Å². The van der Waals surface area contributed by atoms with Crippen LogP contribution in [0.5, 0.6) is 0 Å². The first kappa shape index (κ1) is 11.6. The van der Waals surface area contributed by atoms with Gasteiger partial charge < -0.3 is 10.0 Å². The van der Waals surface area contributed by atoms with E-state index in [-0.39, 0.29) is 19.1 Å². The molecule has 1 amide bonds. The maximum Gasteiger partial charge on any atom is 0.244 e. The van der Waals surface area contributed by atoms with Crippen LogP contribution in [0, 0.1) is 0 Å². The molecule has 2 aromatic rings. The highest BCUT2D eigenvalue weighted by atomic mass is 16.3. The van der Waals surface area contributed by atoms with Gasteiger partial charge in [0.2, 0.25) is 5.91 Å². The Kier molecular flexibility index (Phi) is 3.39. The highest BCUT2D eigenvalue weighted by molar-refractivity contribution is 5.81. The average molecular weight is 233 g/mol. The SMILES string of the molecule is CN(CCO)C(=O)Cn1ncc2ccccc21. The van der Waals surface area contributed by atoms with Crippen molar-refractivity contribution in [2.45, 2.75) is 6.54 Å². The Morgan fingerprint density at radius 1 is 1.47 bits per heavy atom. The summed E-state index contributed by atoms with van der Waals surface area (Å²) in [6.07, 6.45) is 1.74. The summed E-state index contributed by atoms with van der Waals surface area (Å²) in [7, 11) is 1.67. The minimum absolute atomic E-state index is 0.0257. The van der Waals surface area contributed by atoms with Crippen LogP contribution in [-0.2, 0) is 11.3 Å². The molecule has 0 aliphatic rings. The summed E-state index contributed by atoms with van der Waals surface area (Å²) < 4.78 is 1.67. The van der Waals surface area contributed by atoms with Gasteiger partial charge in [0.1, 0.15) is 6.54 Å². The van der Waals surface area contributed by atoms with Crippen LogP contribution < -0.4 is 0 Å². The van der Waals surface area contributed by atoms with E-state index < -0.39 is 0 Å². The van der Waals surface area contributed by atoms with E-state index in [0.29, 0.717) is 6.54 Å². The third-order valence-corrected chi connectivity index (χ3v) is 2.70. The summed E-state index contributed by atoms with van der Waals surface area (Å²) in [6.45, 7) is 0.518. The quantitative estimate of drug-likeness (QED) is 0.836. The van der Waals surface area contributed by atoms with E-state index in [1.165, 1.54) is 4.90 Å². The van der Waals surface area contributed by atoms with Gasteiger partial charge in [-0.3, -0.25) is 9.48 Å². The van der Waals surface area contributed by atoms with Crippen molar-refractivity contribution in [3.8, 4) is 0 Å². The van der Waals surface area contributed by atoms with E-state index in [2.05, 4.69) is 5.10 Å². The number of rotatable bonds is 4. The monoisotopic (exact) mass is 233 g/mol. The van der Waals surface area contributed by atoms with Gasteiger partial charge in [-0.1, -0.05) is 18.2 Å². The number of likely N-dealkylation sites (N-methyl/N-ethyl adjacent to an activating group) is 1. The molecule has 0 aliphatic carbocycles. The Bertz CT molecular complexity index is 521. The van der Waals surface area contributed by atoms with Crippen molar-refractivity contribution in [1.29, 1.82) is 0 Å². The van der Waals surface area contributed by atoms with Crippen LogP contribution in [0.15, 0.2) is 30.5 Å². The fraction of sp³-hybridized carbons (Fsp3) is 0.333. The Morgan fingerprint density at radius 2 is 2.24 bits per heavy atom. The van der Waals surface area contributed by atoms with Crippen LogP contribution in [0.4, 0.5) is 0 Å². The Morgan fingerprint density at radius 3 is 3.00 bits per heavy atom. The minimum atomic E-state index is -0.0621. The number of aliphatic hydroxyl groups excluding tert-OH is 1. The standard InChI is InChI=1S/C12H15N3O2/c1-14(6-7-16)12(17)9-15-11-5-3-2-4-10(11)8-13-15/h2-5,8,16H,6-7,9H2,1H3. The van der Waals surface area contributed by atoms with Gasteiger partial charge in [-0.25, -0.2) is 0 Å². The van der Waals surface area contributed by atoms with Crippen LogP contribution in [0.1, 0.15) is 0 Å². The van der Waals surface area contributed by atoms with Crippen LogP contribution in [-0.4, -0.2) is 45.9 Å². The van der Waals surface area contributed by atoms with Crippen LogP contribution >= 0.6 is 0 Å². The zero-order valence-corrected chi connectivity index (χ0v) is 9.71. The topological polar surface area (TPSA) is 58.4 Å². The molecule has 0 saturated carbocycles. The number of aliphatic hydroxyl groups is 1. The smallest absolute Gasteiger partial charge is 0.244 e. The second kappa shape index (κ2) is 4.97. The summed E-state index contributed by atoms with van der Waals surface area (Å²) in [5, 5.41) is 14.0. The molecule has 0 fully saturated rings. The molecule has 0 radical (unpaired) electrons. The number of hydrogen-bond donors (Lipinski definition) is 1. The summed E-state index contributed by atoms with van der Waals surface area (Å²) in [5.41, 5.74) is 0.943. The molecule has 1 heterocycles. The summed E-state index contributed by atoms with van der Waals surface area (Å²) >= 11 is 0. The van der Waals surface area contributed by atoms with E-state index in [0.717, 1.165) is 10.9 Å². The van der Waals surface area contributed by atoms with Crippen molar-refractivity contribution in [2.24, 2.45) is 0 Å². The largest absolute Gasteiger partial charge is 0.395 e. The first-order valence-corrected chi connectivity index (χ1v) is 5.48. The normalized spacial score (nSPS) is 10.7. The zero-order chi connectivity index (χ0) is 12.3. The van der Waals surface area contributed by atoms with Crippen LogP contribution in [0.25, 0.3) is 10.9 Å². The first-order chi connectivity index (χ1) is 8.22. The zero-order valence-electron chi connectivity index (χ0n) is 9.71.